The second-order valence-corrected chi connectivity index (χ2v) is 5.26. The van der Waals surface area contributed by atoms with Gasteiger partial charge >= 0.3 is 0 Å². The SMILES string of the molecule is CCc1ccc(Cc2cccc3c2CCC3)cc1. The van der Waals surface area contributed by atoms with Crippen LogP contribution < -0.4 is 0 Å². The van der Waals surface area contributed by atoms with Gasteiger partial charge in [-0.05, 0) is 59.9 Å². The predicted octanol–water partition coefficient (Wildman–Crippen LogP) is 4.33. The number of aryl methyl sites for hydroxylation is 2. The zero-order valence-electron chi connectivity index (χ0n) is 11.1. The van der Waals surface area contributed by atoms with Crippen LogP contribution in [0.3, 0.4) is 0 Å². The lowest BCUT2D eigenvalue weighted by molar-refractivity contribution is 0.906. The first-order valence-corrected chi connectivity index (χ1v) is 7.04. The molecule has 0 saturated carbocycles. The molecule has 0 saturated heterocycles. The lowest BCUT2D eigenvalue weighted by atomic mass is 9.96. The van der Waals surface area contributed by atoms with Crippen LogP contribution in [0.4, 0.5) is 0 Å². The van der Waals surface area contributed by atoms with Crippen molar-refractivity contribution >= 4 is 0 Å². The van der Waals surface area contributed by atoms with Gasteiger partial charge in [0.2, 0.25) is 0 Å². The van der Waals surface area contributed by atoms with Crippen LogP contribution in [0.15, 0.2) is 42.5 Å². The molecule has 0 unspecified atom stereocenters. The van der Waals surface area contributed by atoms with Crippen LogP contribution >= 0.6 is 0 Å². The molecule has 92 valence electrons. The summed E-state index contributed by atoms with van der Waals surface area (Å²) >= 11 is 0. The molecule has 1 aliphatic rings. The molecule has 0 amide bonds. The summed E-state index contributed by atoms with van der Waals surface area (Å²) in [7, 11) is 0. The zero-order chi connectivity index (χ0) is 12.4. The van der Waals surface area contributed by atoms with Gasteiger partial charge in [-0.3, -0.25) is 0 Å². The fraction of sp³-hybridized carbons (Fsp3) is 0.333. The molecule has 0 spiro atoms. The molecule has 0 N–H and O–H groups in total. The largest absolute Gasteiger partial charge is 0.0617 e. The maximum atomic E-state index is 2.30. The van der Waals surface area contributed by atoms with Gasteiger partial charge < -0.3 is 0 Å². The minimum Gasteiger partial charge on any atom is -0.0617 e. The fourth-order valence-corrected chi connectivity index (χ4v) is 2.98. The molecule has 0 atom stereocenters. The molecule has 0 bridgehead atoms. The third kappa shape index (κ3) is 2.20. The van der Waals surface area contributed by atoms with E-state index in [4.69, 9.17) is 0 Å². The molecule has 0 aromatic heterocycles. The number of fused-ring (bicyclic) bond motifs is 1. The summed E-state index contributed by atoms with van der Waals surface area (Å²) in [6.45, 7) is 2.21. The van der Waals surface area contributed by atoms with Gasteiger partial charge in [0.1, 0.15) is 0 Å². The first-order chi connectivity index (χ1) is 8.86. The summed E-state index contributed by atoms with van der Waals surface area (Å²) in [5.41, 5.74) is 7.61. The van der Waals surface area contributed by atoms with Crippen molar-refractivity contribution in [2.75, 3.05) is 0 Å². The average molecular weight is 236 g/mol. The van der Waals surface area contributed by atoms with Crippen molar-refractivity contribution in [3.05, 3.63) is 70.3 Å². The topological polar surface area (TPSA) is 0 Å². The van der Waals surface area contributed by atoms with E-state index in [2.05, 4.69) is 49.4 Å². The Balaban J connectivity index is 1.86. The van der Waals surface area contributed by atoms with Gasteiger partial charge in [0.05, 0.1) is 0 Å². The van der Waals surface area contributed by atoms with E-state index in [0.29, 0.717) is 0 Å². The van der Waals surface area contributed by atoms with E-state index < -0.39 is 0 Å². The predicted molar refractivity (Wildman–Crippen MR) is 77.1 cm³/mol. The molecule has 1 aliphatic carbocycles. The number of hydrogen-bond donors (Lipinski definition) is 0. The Morgan fingerprint density at radius 3 is 2.44 bits per heavy atom. The van der Waals surface area contributed by atoms with Gasteiger partial charge in [-0.15, -0.1) is 0 Å². The highest BCUT2D eigenvalue weighted by Crippen LogP contribution is 2.26. The fourth-order valence-electron chi connectivity index (χ4n) is 2.98. The molecule has 0 heteroatoms. The normalized spacial score (nSPS) is 13.6. The van der Waals surface area contributed by atoms with E-state index in [1.54, 1.807) is 11.1 Å². The van der Waals surface area contributed by atoms with Crippen molar-refractivity contribution < 1.29 is 0 Å². The van der Waals surface area contributed by atoms with Gasteiger partial charge in [-0.25, -0.2) is 0 Å². The second kappa shape index (κ2) is 4.97. The lowest BCUT2D eigenvalue weighted by Crippen LogP contribution is -1.95. The smallest absolute Gasteiger partial charge is 0.00229 e. The summed E-state index contributed by atoms with van der Waals surface area (Å²) in [4.78, 5) is 0. The number of benzene rings is 2. The zero-order valence-corrected chi connectivity index (χ0v) is 11.1. The van der Waals surface area contributed by atoms with E-state index in [-0.39, 0.29) is 0 Å². The molecule has 3 rings (SSSR count). The Kier molecular flexibility index (Phi) is 3.19. The highest BCUT2D eigenvalue weighted by Gasteiger charge is 2.14. The highest BCUT2D eigenvalue weighted by atomic mass is 14.2. The van der Waals surface area contributed by atoms with Crippen molar-refractivity contribution in [1.29, 1.82) is 0 Å². The van der Waals surface area contributed by atoms with Crippen LogP contribution in [0.2, 0.25) is 0 Å². The van der Waals surface area contributed by atoms with Crippen molar-refractivity contribution in [3.8, 4) is 0 Å². The van der Waals surface area contributed by atoms with Gasteiger partial charge in [-0.2, -0.15) is 0 Å². The van der Waals surface area contributed by atoms with E-state index in [0.717, 1.165) is 12.8 Å². The van der Waals surface area contributed by atoms with E-state index in [1.165, 1.54) is 36.0 Å². The Hall–Kier alpha value is -1.56. The molecular formula is C18H20. The van der Waals surface area contributed by atoms with Crippen molar-refractivity contribution in [2.24, 2.45) is 0 Å². The van der Waals surface area contributed by atoms with Crippen molar-refractivity contribution in [3.63, 3.8) is 0 Å². The van der Waals surface area contributed by atoms with E-state index >= 15 is 0 Å². The first kappa shape index (κ1) is 11.5. The monoisotopic (exact) mass is 236 g/mol. The van der Waals surface area contributed by atoms with Crippen LogP contribution in [0.5, 0.6) is 0 Å². The lowest BCUT2D eigenvalue weighted by Gasteiger charge is -2.09. The molecular weight excluding hydrogens is 216 g/mol. The van der Waals surface area contributed by atoms with Gasteiger partial charge in [0, 0.05) is 0 Å². The Labute approximate surface area is 110 Å². The summed E-state index contributed by atoms with van der Waals surface area (Å²) in [5, 5.41) is 0. The molecule has 0 heterocycles. The molecule has 0 aliphatic heterocycles. The third-order valence-electron chi connectivity index (χ3n) is 4.07. The third-order valence-corrected chi connectivity index (χ3v) is 4.07. The van der Waals surface area contributed by atoms with Gasteiger partial charge in [-0.1, -0.05) is 49.4 Å². The number of hydrogen-bond acceptors (Lipinski definition) is 0. The summed E-state index contributed by atoms with van der Waals surface area (Å²) in [6, 6.07) is 15.9. The van der Waals surface area contributed by atoms with Gasteiger partial charge in [0.15, 0.2) is 0 Å². The Bertz CT molecular complexity index is 534. The standard InChI is InChI=1S/C18H20/c1-2-14-9-11-15(12-10-14)13-17-7-3-5-16-6-4-8-18(16)17/h3,5,7,9-12H,2,4,6,8,13H2,1H3. The van der Waals surface area contributed by atoms with Crippen molar-refractivity contribution in [1.82, 2.24) is 0 Å². The molecule has 2 aromatic rings. The van der Waals surface area contributed by atoms with E-state index in [9.17, 15) is 0 Å². The number of rotatable bonds is 3. The minimum absolute atomic E-state index is 1.09. The van der Waals surface area contributed by atoms with Crippen LogP contribution in [0.1, 0.15) is 41.2 Å². The molecule has 2 aromatic carbocycles. The van der Waals surface area contributed by atoms with Crippen LogP contribution in [0.25, 0.3) is 0 Å². The quantitative estimate of drug-likeness (QED) is 0.744. The second-order valence-electron chi connectivity index (χ2n) is 5.26. The molecule has 0 radical (unpaired) electrons. The maximum Gasteiger partial charge on any atom is -0.00229 e. The average Bonchev–Trinajstić information content (AvgIpc) is 2.89. The van der Waals surface area contributed by atoms with Crippen LogP contribution in [-0.2, 0) is 25.7 Å². The van der Waals surface area contributed by atoms with Crippen LogP contribution in [-0.4, -0.2) is 0 Å². The maximum absolute atomic E-state index is 2.30. The summed E-state index contributed by atoms with van der Waals surface area (Å²) in [5.74, 6) is 0. The van der Waals surface area contributed by atoms with E-state index in [1.807, 2.05) is 0 Å². The highest BCUT2D eigenvalue weighted by molar-refractivity contribution is 5.41. The van der Waals surface area contributed by atoms with Crippen LogP contribution in [0, 0.1) is 0 Å². The summed E-state index contributed by atoms with van der Waals surface area (Å²) in [6.07, 6.45) is 6.10. The Morgan fingerprint density at radius 2 is 1.67 bits per heavy atom. The molecule has 18 heavy (non-hydrogen) atoms. The minimum atomic E-state index is 1.09. The molecule has 0 nitrogen and oxygen atoms in total. The first-order valence-electron chi connectivity index (χ1n) is 7.04. The summed E-state index contributed by atoms with van der Waals surface area (Å²) < 4.78 is 0. The Morgan fingerprint density at radius 1 is 0.889 bits per heavy atom. The molecule has 0 fully saturated rings. The van der Waals surface area contributed by atoms with Crippen molar-refractivity contribution in [2.45, 2.75) is 39.0 Å². The van der Waals surface area contributed by atoms with Gasteiger partial charge in [0.25, 0.3) is 0 Å².